The Morgan fingerprint density at radius 3 is 2.14 bits per heavy atom. The summed E-state index contributed by atoms with van der Waals surface area (Å²) in [7, 11) is 1.14. The highest BCUT2D eigenvalue weighted by Gasteiger charge is 2.34. The van der Waals surface area contributed by atoms with Crippen LogP contribution >= 0.6 is 11.6 Å². The monoisotopic (exact) mass is 230 g/mol. The molecule has 0 amide bonds. The van der Waals surface area contributed by atoms with Crippen molar-refractivity contribution in [3.05, 3.63) is 35.9 Å². The number of hydrogen-bond donors (Lipinski definition) is 0. The molecule has 0 saturated heterocycles. The Morgan fingerprint density at radius 2 is 1.71 bits per heavy atom. The summed E-state index contributed by atoms with van der Waals surface area (Å²) in [5.41, 5.74) is 1.66. The van der Waals surface area contributed by atoms with E-state index in [1.54, 1.807) is 14.2 Å². The molecule has 0 spiro atoms. The molecule has 78 valence electrons. The summed E-state index contributed by atoms with van der Waals surface area (Å²) in [6.07, 6.45) is 0. The minimum absolute atomic E-state index is 0.453. The summed E-state index contributed by atoms with van der Waals surface area (Å²) in [5, 5.41) is 0. The zero-order valence-corrected chi connectivity index (χ0v) is 10.3. The van der Waals surface area contributed by atoms with Crippen molar-refractivity contribution in [2.24, 2.45) is 0 Å². The van der Waals surface area contributed by atoms with Gasteiger partial charge in [-0.05, 0) is 5.56 Å². The van der Waals surface area contributed by atoms with Gasteiger partial charge in [0.05, 0.1) is 5.50 Å². The Morgan fingerprint density at radius 1 is 1.14 bits per heavy atom. The predicted octanol–water partition coefficient (Wildman–Crippen LogP) is 2.28. The van der Waals surface area contributed by atoms with Gasteiger partial charge in [-0.1, -0.05) is 30.3 Å². The molecule has 0 saturated carbocycles. The van der Waals surface area contributed by atoms with Gasteiger partial charge < -0.3 is 8.85 Å². The van der Waals surface area contributed by atoms with Crippen LogP contribution in [-0.4, -0.2) is 28.3 Å². The van der Waals surface area contributed by atoms with Crippen LogP contribution in [0.2, 0.25) is 0 Å². The van der Waals surface area contributed by atoms with Crippen LogP contribution in [0.1, 0.15) is 5.56 Å². The molecule has 1 rings (SSSR count). The molecule has 0 bridgehead atoms. The Labute approximate surface area is 91.0 Å². The van der Waals surface area contributed by atoms with Crippen LogP contribution in [0.15, 0.2) is 30.3 Å². The minimum Gasteiger partial charge on any atom is -0.397 e. The van der Waals surface area contributed by atoms with Gasteiger partial charge in [0, 0.05) is 20.3 Å². The fourth-order valence-electron chi connectivity index (χ4n) is 1.29. The average molecular weight is 231 g/mol. The van der Waals surface area contributed by atoms with Crippen molar-refractivity contribution in [2.45, 2.75) is 6.04 Å². The van der Waals surface area contributed by atoms with Gasteiger partial charge in [-0.2, -0.15) is 0 Å². The zero-order chi connectivity index (χ0) is 10.4. The highest BCUT2D eigenvalue weighted by Crippen LogP contribution is 2.14. The van der Waals surface area contributed by atoms with Crippen LogP contribution in [0.3, 0.4) is 0 Å². The van der Waals surface area contributed by atoms with Crippen molar-refractivity contribution >= 4 is 20.2 Å². The molecule has 4 heteroatoms. The smallest absolute Gasteiger partial charge is 0.357 e. The number of halogens is 1. The second-order valence-electron chi connectivity index (χ2n) is 3.11. The maximum absolute atomic E-state index is 5.89. The van der Waals surface area contributed by atoms with E-state index < -0.39 is 8.56 Å². The zero-order valence-electron chi connectivity index (χ0n) is 8.50. The van der Waals surface area contributed by atoms with Crippen molar-refractivity contribution in [3.8, 4) is 0 Å². The molecule has 0 N–H and O–H groups in total. The SMILES string of the molecule is CO[Si](CCl)(Cc1ccccc1)OC. The first-order valence-corrected chi connectivity index (χ1v) is 7.23. The van der Waals surface area contributed by atoms with Gasteiger partial charge in [0.1, 0.15) is 0 Å². The lowest BCUT2D eigenvalue weighted by Gasteiger charge is -2.24. The van der Waals surface area contributed by atoms with Crippen molar-refractivity contribution in [1.29, 1.82) is 0 Å². The number of hydrogen-bond acceptors (Lipinski definition) is 2. The third kappa shape index (κ3) is 2.82. The number of rotatable bonds is 5. The Kier molecular flexibility index (Phi) is 4.61. The summed E-state index contributed by atoms with van der Waals surface area (Å²) in [6, 6.07) is 10.9. The quantitative estimate of drug-likeness (QED) is 0.571. The van der Waals surface area contributed by atoms with Crippen molar-refractivity contribution in [1.82, 2.24) is 0 Å². The highest BCUT2D eigenvalue weighted by atomic mass is 35.5. The molecule has 0 aromatic heterocycles. The lowest BCUT2D eigenvalue weighted by Crippen LogP contribution is -2.45. The van der Waals surface area contributed by atoms with E-state index >= 15 is 0 Å². The molecule has 2 nitrogen and oxygen atoms in total. The summed E-state index contributed by atoms with van der Waals surface area (Å²) in [6.45, 7) is 0. The van der Waals surface area contributed by atoms with E-state index in [-0.39, 0.29) is 0 Å². The molecule has 0 heterocycles. The van der Waals surface area contributed by atoms with Crippen LogP contribution in [0.4, 0.5) is 0 Å². The largest absolute Gasteiger partial charge is 0.397 e. The van der Waals surface area contributed by atoms with E-state index in [1.807, 2.05) is 18.2 Å². The third-order valence-corrected chi connectivity index (χ3v) is 6.33. The molecule has 0 aliphatic carbocycles. The fourth-order valence-corrected chi connectivity index (χ4v) is 3.85. The van der Waals surface area contributed by atoms with Gasteiger partial charge in [-0.25, -0.2) is 0 Å². The molecule has 0 radical (unpaired) electrons. The first-order chi connectivity index (χ1) is 6.76. The average Bonchev–Trinajstić information content (AvgIpc) is 2.28. The van der Waals surface area contributed by atoms with E-state index in [0.717, 1.165) is 6.04 Å². The third-order valence-electron chi connectivity index (χ3n) is 2.26. The summed E-state index contributed by atoms with van der Waals surface area (Å²) < 4.78 is 10.8. The van der Waals surface area contributed by atoms with Gasteiger partial charge in [-0.15, -0.1) is 11.6 Å². The van der Waals surface area contributed by atoms with Gasteiger partial charge in [0.2, 0.25) is 0 Å². The Balaban J connectivity index is 2.74. The molecular weight excluding hydrogens is 216 g/mol. The Hall–Kier alpha value is -0.353. The highest BCUT2D eigenvalue weighted by molar-refractivity contribution is 6.74. The minimum atomic E-state index is -2.19. The fraction of sp³-hybridized carbons (Fsp3) is 0.400. The molecule has 0 aliphatic rings. The second kappa shape index (κ2) is 5.51. The second-order valence-corrected chi connectivity index (χ2v) is 7.18. The van der Waals surface area contributed by atoms with E-state index in [0.29, 0.717) is 5.50 Å². The van der Waals surface area contributed by atoms with Crippen LogP contribution in [0.25, 0.3) is 0 Å². The van der Waals surface area contributed by atoms with E-state index in [9.17, 15) is 0 Å². The van der Waals surface area contributed by atoms with Crippen LogP contribution in [-0.2, 0) is 14.9 Å². The van der Waals surface area contributed by atoms with Gasteiger partial charge in [-0.3, -0.25) is 0 Å². The van der Waals surface area contributed by atoms with Crippen LogP contribution in [0.5, 0.6) is 0 Å². The van der Waals surface area contributed by atoms with E-state index in [2.05, 4.69) is 12.1 Å². The standard InChI is InChI=1S/C10H15ClO2Si/c1-12-14(9-11,13-2)8-10-6-4-3-5-7-10/h3-7H,8-9H2,1-2H3. The van der Waals surface area contributed by atoms with Crippen molar-refractivity contribution in [3.63, 3.8) is 0 Å². The van der Waals surface area contributed by atoms with Crippen LogP contribution in [0, 0.1) is 0 Å². The van der Waals surface area contributed by atoms with E-state index in [4.69, 9.17) is 20.5 Å². The lowest BCUT2D eigenvalue weighted by molar-refractivity contribution is 0.247. The maximum Gasteiger partial charge on any atom is 0.357 e. The lowest BCUT2D eigenvalue weighted by atomic mass is 10.2. The van der Waals surface area contributed by atoms with Gasteiger partial charge in [0.15, 0.2) is 0 Å². The number of alkyl halides is 1. The van der Waals surface area contributed by atoms with E-state index in [1.165, 1.54) is 5.56 Å². The molecule has 1 aromatic rings. The first kappa shape index (κ1) is 11.7. The van der Waals surface area contributed by atoms with Crippen molar-refractivity contribution in [2.75, 3.05) is 19.7 Å². The van der Waals surface area contributed by atoms with Crippen LogP contribution < -0.4 is 0 Å². The predicted molar refractivity (Wildman–Crippen MR) is 60.6 cm³/mol. The Bertz CT molecular complexity index is 254. The summed E-state index contributed by atoms with van der Waals surface area (Å²) in [5.74, 6) is 0. The molecular formula is C10H15ClO2Si. The first-order valence-electron chi connectivity index (χ1n) is 4.46. The molecule has 0 aliphatic heterocycles. The maximum atomic E-state index is 5.89. The normalized spacial score (nSPS) is 11.6. The molecule has 0 atom stereocenters. The summed E-state index contributed by atoms with van der Waals surface area (Å²) in [4.78, 5) is 0. The number of benzene rings is 1. The van der Waals surface area contributed by atoms with Gasteiger partial charge in [0.25, 0.3) is 0 Å². The molecule has 0 fully saturated rings. The molecule has 1 aromatic carbocycles. The van der Waals surface area contributed by atoms with Crippen molar-refractivity contribution < 1.29 is 8.85 Å². The molecule has 14 heavy (non-hydrogen) atoms. The van der Waals surface area contributed by atoms with Gasteiger partial charge >= 0.3 is 8.56 Å². The molecule has 0 unspecified atom stereocenters. The topological polar surface area (TPSA) is 18.5 Å². The summed E-state index contributed by atoms with van der Waals surface area (Å²) >= 11 is 5.89.